The van der Waals surface area contributed by atoms with Crippen LogP contribution in [0, 0.1) is 0 Å². The van der Waals surface area contributed by atoms with Crippen LogP contribution in [0.4, 0.5) is 10.1 Å². The van der Waals surface area contributed by atoms with Crippen LogP contribution >= 0.6 is 27.5 Å². The molecule has 0 aliphatic rings. The minimum Gasteiger partial charge on any atom is -0.389 e. The minimum absolute atomic E-state index is 0.146. The summed E-state index contributed by atoms with van der Waals surface area (Å²) in [5.41, 5.74) is 0.675. The van der Waals surface area contributed by atoms with Gasteiger partial charge in [0.15, 0.2) is 0 Å². The first-order chi connectivity index (χ1) is 6.63. The summed E-state index contributed by atoms with van der Waals surface area (Å²) in [7, 11) is 0. The van der Waals surface area contributed by atoms with E-state index in [1.807, 2.05) is 0 Å². The second kappa shape index (κ2) is 5.53. The third-order valence-electron chi connectivity index (χ3n) is 1.63. The molecule has 2 N–H and O–H groups in total. The number of benzene rings is 1. The van der Waals surface area contributed by atoms with Crippen molar-refractivity contribution in [2.24, 2.45) is 0 Å². The molecule has 1 atom stereocenters. The van der Waals surface area contributed by atoms with E-state index in [0.717, 1.165) is 4.47 Å². The Balaban J connectivity index is 2.62. The van der Waals surface area contributed by atoms with Crippen LogP contribution in [-0.2, 0) is 0 Å². The summed E-state index contributed by atoms with van der Waals surface area (Å²) in [6.45, 7) is -0.620. The van der Waals surface area contributed by atoms with E-state index in [-0.39, 0.29) is 6.54 Å². The molecule has 0 spiro atoms. The molecule has 5 heteroatoms. The Bertz CT molecular complexity index is 311. The van der Waals surface area contributed by atoms with Crippen LogP contribution in [0.3, 0.4) is 0 Å². The molecule has 1 aromatic carbocycles. The molecule has 0 aliphatic heterocycles. The quantitative estimate of drug-likeness (QED) is 0.890. The number of aliphatic hydroxyl groups excluding tert-OH is 1. The van der Waals surface area contributed by atoms with Crippen molar-refractivity contribution in [3.05, 3.63) is 27.7 Å². The van der Waals surface area contributed by atoms with Gasteiger partial charge in [-0.05, 0) is 18.2 Å². The molecule has 0 radical (unpaired) electrons. The number of halogens is 3. The first-order valence-electron chi connectivity index (χ1n) is 4.06. The Morgan fingerprint density at radius 3 is 2.93 bits per heavy atom. The molecule has 0 aliphatic carbocycles. The summed E-state index contributed by atoms with van der Waals surface area (Å²) < 4.78 is 12.8. The SMILES string of the molecule is OC(CF)CNc1cc(Br)ccc1Cl. The number of nitrogens with one attached hydrogen (secondary N) is 1. The van der Waals surface area contributed by atoms with Gasteiger partial charge in [0.05, 0.1) is 16.8 Å². The Hall–Kier alpha value is -0.320. The molecule has 0 fully saturated rings. The first-order valence-corrected chi connectivity index (χ1v) is 5.23. The van der Waals surface area contributed by atoms with Crippen molar-refractivity contribution in [3.63, 3.8) is 0 Å². The molecule has 0 saturated heterocycles. The van der Waals surface area contributed by atoms with E-state index in [1.165, 1.54) is 0 Å². The van der Waals surface area contributed by atoms with Gasteiger partial charge in [-0.15, -0.1) is 0 Å². The van der Waals surface area contributed by atoms with Crippen molar-refractivity contribution in [1.82, 2.24) is 0 Å². The average molecular weight is 283 g/mol. The van der Waals surface area contributed by atoms with Gasteiger partial charge in [0, 0.05) is 11.0 Å². The summed E-state index contributed by atoms with van der Waals surface area (Å²) >= 11 is 9.15. The Kier molecular flexibility index (Phi) is 4.65. The maximum atomic E-state index is 11.9. The van der Waals surface area contributed by atoms with Crippen molar-refractivity contribution in [3.8, 4) is 0 Å². The molecule has 0 bridgehead atoms. The van der Waals surface area contributed by atoms with Crippen LogP contribution in [0.2, 0.25) is 5.02 Å². The Morgan fingerprint density at radius 2 is 2.29 bits per heavy atom. The van der Waals surface area contributed by atoms with E-state index < -0.39 is 12.8 Å². The summed E-state index contributed by atoms with van der Waals surface area (Å²) in [5.74, 6) is 0. The fourth-order valence-electron chi connectivity index (χ4n) is 0.915. The van der Waals surface area contributed by atoms with Crippen LogP contribution in [0.15, 0.2) is 22.7 Å². The van der Waals surface area contributed by atoms with E-state index in [0.29, 0.717) is 10.7 Å². The van der Waals surface area contributed by atoms with E-state index in [4.69, 9.17) is 16.7 Å². The van der Waals surface area contributed by atoms with Gasteiger partial charge in [-0.1, -0.05) is 27.5 Å². The fourth-order valence-corrected chi connectivity index (χ4v) is 1.46. The standard InChI is InChI=1S/C9H10BrClFNO/c10-6-1-2-8(11)9(3-6)13-5-7(14)4-12/h1-3,7,13-14H,4-5H2. The third-order valence-corrected chi connectivity index (χ3v) is 2.46. The summed E-state index contributed by atoms with van der Waals surface area (Å²) in [4.78, 5) is 0. The number of anilines is 1. The predicted molar refractivity (Wildman–Crippen MR) is 59.6 cm³/mol. The predicted octanol–water partition coefficient (Wildman–Crippen LogP) is 2.84. The van der Waals surface area contributed by atoms with Gasteiger partial charge in [0.25, 0.3) is 0 Å². The van der Waals surface area contributed by atoms with Crippen molar-refractivity contribution < 1.29 is 9.50 Å². The zero-order valence-electron chi connectivity index (χ0n) is 7.30. The molecule has 0 heterocycles. The Morgan fingerprint density at radius 1 is 1.57 bits per heavy atom. The van der Waals surface area contributed by atoms with E-state index in [1.54, 1.807) is 18.2 Å². The van der Waals surface area contributed by atoms with Gasteiger partial charge >= 0.3 is 0 Å². The van der Waals surface area contributed by atoms with Crippen LogP contribution in [0.1, 0.15) is 0 Å². The molecule has 2 nitrogen and oxygen atoms in total. The third kappa shape index (κ3) is 3.44. The number of hydrogen-bond acceptors (Lipinski definition) is 2. The summed E-state index contributed by atoms with van der Waals surface area (Å²) in [6, 6.07) is 5.29. The highest BCUT2D eigenvalue weighted by Crippen LogP contribution is 2.25. The van der Waals surface area contributed by atoms with Crippen LogP contribution < -0.4 is 5.32 Å². The lowest BCUT2D eigenvalue weighted by Crippen LogP contribution is -2.21. The van der Waals surface area contributed by atoms with Crippen LogP contribution in [0.25, 0.3) is 0 Å². The van der Waals surface area contributed by atoms with Gasteiger partial charge in [-0.3, -0.25) is 0 Å². The van der Waals surface area contributed by atoms with Gasteiger partial charge in [0.2, 0.25) is 0 Å². The zero-order chi connectivity index (χ0) is 10.6. The molecule has 0 aromatic heterocycles. The fraction of sp³-hybridized carbons (Fsp3) is 0.333. The largest absolute Gasteiger partial charge is 0.389 e. The number of aliphatic hydroxyl groups is 1. The van der Waals surface area contributed by atoms with Crippen molar-refractivity contribution in [1.29, 1.82) is 0 Å². The number of alkyl halides is 1. The van der Waals surface area contributed by atoms with Gasteiger partial charge in [0.1, 0.15) is 6.67 Å². The van der Waals surface area contributed by atoms with Crippen LogP contribution in [0.5, 0.6) is 0 Å². The Labute approximate surface area is 95.2 Å². The van der Waals surface area contributed by atoms with Gasteiger partial charge in [-0.25, -0.2) is 4.39 Å². The molecule has 1 unspecified atom stereocenters. The van der Waals surface area contributed by atoms with Crippen LogP contribution in [-0.4, -0.2) is 24.4 Å². The van der Waals surface area contributed by atoms with Crippen molar-refractivity contribution in [2.75, 3.05) is 18.5 Å². The van der Waals surface area contributed by atoms with E-state index >= 15 is 0 Å². The maximum absolute atomic E-state index is 11.9. The lowest BCUT2D eigenvalue weighted by Gasteiger charge is -2.11. The molecular weight excluding hydrogens is 272 g/mol. The van der Waals surface area contributed by atoms with E-state index in [2.05, 4.69) is 21.2 Å². The lowest BCUT2D eigenvalue weighted by atomic mass is 10.3. The first kappa shape index (κ1) is 11.8. The zero-order valence-corrected chi connectivity index (χ0v) is 9.65. The van der Waals surface area contributed by atoms with Gasteiger partial charge in [-0.2, -0.15) is 0 Å². The molecule has 1 rings (SSSR count). The average Bonchev–Trinajstić information content (AvgIpc) is 2.19. The summed E-state index contributed by atoms with van der Waals surface area (Å²) in [6.07, 6.45) is -0.995. The highest BCUT2D eigenvalue weighted by atomic mass is 79.9. The van der Waals surface area contributed by atoms with Crippen molar-refractivity contribution in [2.45, 2.75) is 6.10 Å². The van der Waals surface area contributed by atoms with E-state index in [9.17, 15) is 4.39 Å². The highest BCUT2D eigenvalue weighted by molar-refractivity contribution is 9.10. The smallest absolute Gasteiger partial charge is 0.117 e. The molecule has 14 heavy (non-hydrogen) atoms. The second-order valence-electron chi connectivity index (χ2n) is 2.81. The number of rotatable bonds is 4. The molecule has 0 amide bonds. The monoisotopic (exact) mass is 281 g/mol. The molecular formula is C9H10BrClFNO. The highest BCUT2D eigenvalue weighted by Gasteiger charge is 2.05. The molecule has 0 saturated carbocycles. The normalized spacial score (nSPS) is 12.6. The van der Waals surface area contributed by atoms with Crippen molar-refractivity contribution >= 4 is 33.2 Å². The molecule has 1 aromatic rings. The van der Waals surface area contributed by atoms with Gasteiger partial charge < -0.3 is 10.4 Å². The molecule has 78 valence electrons. The lowest BCUT2D eigenvalue weighted by molar-refractivity contribution is 0.151. The maximum Gasteiger partial charge on any atom is 0.117 e. The summed E-state index contributed by atoms with van der Waals surface area (Å²) in [5, 5.41) is 12.4. The minimum atomic E-state index is -0.995. The number of hydrogen-bond donors (Lipinski definition) is 2. The second-order valence-corrected chi connectivity index (χ2v) is 4.14. The topological polar surface area (TPSA) is 32.3 Å².